The number of carbonyl (C=O) groups excluding carboxylic acids is 1. The summed E-state index contributed by atoms with van der Waals surface area (Å²) in [5.41, 5.74) is 1.10. The van der Waals surface area contributed by atoms with E-state index in [1.807, 2.05) is 13.8 Å². The molecule has 0 bridgehead atoms. The van der Waals surface area contributed by atoms with Gasteiger partial charge in [-0.25, -0.2) is 13.4 Å². The lowest BCUT2D eigenvalue weighted by atomic mass is 10.2. The van der Waals surface area contributed by atoms with Crippen molar-refractivity contribution in [1.29, 1.82) is 0 Å². The molecule has 1 atom stereocenters. The molecule has 116 valence electrons. The van der Waals surface area contributed by atoms with Crippen LogP contribution in [0.15, 0.2) is 18.3 Å². The van der Waals surface area contributed by atoms with Gasteiger partial charge < -0.3 is 10.6 Å². The van der Waals surface area contributed by atoms with Gasteiger partial charge >= 0.3 is 0 Å². The lowest BCUT2D eigenvalue weighted by molar-refractivity contribution is 0.0944. The summed E-state index contributed by atoms with van der Waals surface area (Å²) in [6.07, 6.45) is 2.17. The van der Waals surface area contributed by atoms with E-state index in [1.54, 1.807) is 18.3 Å². The number of amides is 1. The summed E-state index contributed by atoms with van der Waals surface area (Å²) >= 11 is 0. The number of pyridine rings is 1. The van der Waals surface area contributed by atoms with Gasteiger partial charge in [0.05, 0.1) is 23.4 Å². The third-order valence-corrected chi connectivity index (χ3v) is 5.04. The molecule has 1 aromatic rings. The van der Waals surface area contributed by atoms with E-state index in [2.05, 4.69) is 15.6 Å². The molecule has 6 nitrogen and oxygen atoms in total. The monoisotopic (exact) mass is 311 g/mol. The Labute approximate surface area is 125 Å². The Balaban J connectivity index is 1.91. The lowest BCUT2D eigenvalue weighted by Gasteiger charge is -2.12. The van der Waals surface area contributed by atoms with Crippen molar-refractivity contribution >= 4 is 21.4 Å². The van der Waals surface area contributed by atoms with Crippen LogP contribution in [0.2, 0.25) is 0 Å². The van der Waals surface area contributed by atoms with Crippen LogP contribution in [0.5, 0.6) is 0 Å². The molecule has 0 aromatic carbocycles. The molecule has 1 saturated heterocycles. The molecule has 0 aliphatic carbocycles. The second-order valence-corrected chi connectivity index (χ2v) is 8.01. The van der Waals surface area contributed by atoms with E-state index >= 15 is 0 Å². The minimum atomic E-state index is -2.90. The number of nitrogens with zero attached hydrogens (tertiary/aromatic N) is 1. The first-order valence-corrected chi connectivity index (χ1v) is 8.89. The summed E-state index contributed by atoms with van der Waals surface area (Å²) in [4.78, 5) is 15.9. The molecule has 2 heterocycles. The molecule has 1 aliphatic rings. The van der Waals surface area contributed by atoms with Crippen LogP contribution in [-0.4, -0.2) is 43.4 Å². The van der Waals surface area contributed by atoms with Crippen LogP contribution in [0.25, 0.3) is 0 Å². The zero-order valence-electron chi connectivity index (χ0n) is 12.3. The molecule has 1 aromatic heterocycles. The van der Waals surface area contributed by atoms with Crippen LogP contribution in [0.4, 0.5) is 5.69 Å². The summed E-state index contributed by atoms with van der Waals surface area (Å²) in [6, 6.07) is 3.32. The van der Waals surface area contributed by atoms with E-state index in [9.17, 15) is 13.2 Å². The molecule has 1 amide bonds. The summed E-state index contributed by atoms with van der Waals surface area (Å²) in [7, 11) is -2.90. The molecular formula is C14H21N3O3S. The number of hydrogen-bond acceptors (Lipinski definition) is 5. The van der Waals surface area contributed by atoms with Crippen LogP contribution >= 0.6 is 0 Å². The number of sulfone groups is 1. The van der Waals surface area contributed by atoms with Crippen LogP contribution < -0.4 is 10.6 Å². The van der Waals surface area contributed by atoms with Crippen molar-refractivity contribution in [2.45, 2.75) is 26.3 Å². The van der Waals surface area contributed by atoms with E-state index < -0.39 is 9.84 Å². The largest absolute Gasteiger partial charge is 0.380 e. The smallest absolute Gasteiger partial charge is 0.269 e. The van der Waals surface area contributed by atoms with Gasteiger partial charge in [-0.1, -0.05) is 13.8 Å². The van der Waals surface area contributed by atoms with Crippen LogP contribution in [0.1, 0.15) is 30.8 Å². The Morgan fingerprint density at radius 2 is 2.19 bits per heavy atom. The highest BCUT2D eigenvalue weighted by Gasteiger charge is 2.27. The first-order chi connectivity index (χ1) is 9.85. The van der Waals surface area contributed by atoms with Gasteiger partial charge in [0.25, 0.3) is 5.91 Å². The van der Waals surface area contributed by atoms with Crippen LogP contribution in [-0.2, 0) is 9.84 Å². The first kappa shape index (κ1) is 15.8. The average molecular weight is 311 g/mol. The first-order valence-electron chi connectivity index (χ1n) is 7.07. The molecule has 21 heavy (non-hydrogen) atoms. The zero-order valence-corrected chi connectivity index (χ0v) is 13.1. The van der Waals surface area contributed by atoms with Gasteiger partial charge in [0.1, 0.15) is 5.69 Å². The highest BCUT2D eigenvalue weighted by atomic mass is 32.2. The van der Waals surface area contributed by atoms with Crippen molar-refractivity contribution in [3.05, 3.63) is 24.0 Å². The maximum atomic E-state index is 11.8. The minimum absolute atomic E-state index is 0.0718. The van der Waals surface area contributed by atoms with Crippen molar-refractivity contribution in [3.63, 3.8) is 0 Å². The van der Waals surface area contributed by atoms with Crippen molar-refractivity contribution in [2.75, 3.05) is 23.4 Å². The second-order valence-electron chi connectivity index (χ2n) is 5.78. The molecule has 1 unspecified atom stereocenters. The zero-order chi connectivity index (χ0) is 15.5. The Kier molecular flexibility index (Phi) is 4.82. The normalized spacial score (nSPS) is 20.4. The molecule has 2 N–H and O–H groups in total. The van der Waals surface area contributed by atoms with E-state index in [1.165, 1.54) is 0 Å². The predicted octanol–water partition coefficient (Wildman–Crippen LogP) is 1.07. The van der Waals surface area contributed by atoms with E-state index in [-0.39, 0.29) is 23.5 Å². The SMILES string of the molecule is CC(C)CNC(=O)c1ccc(NC2CCS(=O)(=O)C2)cn1. The second kappa shape index (κ2) is 6.43. The summed E-state index contributed by atoms with van der Waals surface area (Å²) in [6.45, 7) is 4.66. The van der Waals surface area contributed by atoms with Crippen molar-refractivity contribution in [3.8, 4) is 0 Å². The van der Waals surface area contributed by atoms with Gasteiger partial charge in [0.2, 0.25) is 0 Å². The summed E-state index contributed by atoms with van der Waals surface area (Å²) < 4.78 is 22.8. The molecule has 1 aliphatic heterocycles. The van der Waals surface area contributed by atoms with E-state index in [0.717, 1.165) is 5.69 Å². The minimum Gasteiger partial charge on any atom is -0.380 e. The van der Waals surface area contributed by atoms with Gasteiger partial charge in [0, 0.05) is 12.6 Å². The Morgan fingerprint density at radius 1 is 1.43 bits per heavy atom. The van der Waals surface area contributed by atoms with Gasteiger partial charge in [-0.05, 0) is 24.5 Å². The fraction of sp³-hybridized carbons (Fsp3) is 0.571. The van der Waals surface area contributed by atoms with Crippen molar-refractivity contribution in [2.24, 2.45) is 5.92 Å². The Hall–Kier alpha value is -1.63. The third kappa shape index (κ3) is 4.70. The predicted molar refractivity (Wildman–Crippen MR) is 82.1 cm³/mol. The molecular weight excluding hydrogens is 290 g/mol. The summed E-state index contributed by atoms with van der Waals surface area (Å²) in [5, 5.41) is 5.94. The average Bonchev–Trinajstić information content (AvgIpc) is 2.76. The standard InChI is InChI=1S/C14H21N3O3S/c1-10(2)7-16-14(18)13-4-3-11(8-15-13)17-12-5-6-21(19,20)9-12/h3-4,8,10,12,17H,5-7,9H2,1-2H3,(H,16,18). The van der Waals surface area contributed by atoms with Crippen molar-refractivity contribution in [1.82, 2.24) is 10.3 Å². The van der Waals surface area contributed by atoms with Crippen molar-refractivity contribution < 1.29 is 13.2 Å². The molecule has 1 fully saturated rings. The quantitative estimate of drug-likeness (QED) is 0.849. The number of aromatic nitrogens is 1. The maximum Gasteiger partial charge on any atom is 0.269 e. The molecule has 7 heteroatoms. The lowest BCUT2D eigenvalue weighted by Crippen LogP contribution is -2.28. The highest BCUT2D eigenvalue weighted by Crippen LogP contribution is 2.17. The molecule has 0 radical (unpaired) electrons. The van der Waals surface area contributed by atoms with Gasteiger partial charge in [0.15, 0.2) is 9.84 Å². The topological polar surface area (TPSA) is 88.2 Å². The van der Waals surface area contributed by atoms with E-state index in [4.69, 9.17) is 0 Å². The molecule has 0 spiro atoms. The molecule has 0 saturated carbocycles. The maximum absolute atomic E-state index is 11.8. The number of anilines is 1. The number of hydrogen-bond donors (Lipinski definition) is 2. The van der Waals surface area contributed by atoms with Crippen LogP contribution in [0.3, 0.4) is 0 Å². The number of nitrogens with one attached hydrogen (secondary N) is 2. The van der Waals surface area contributed by atoms with Gasteiger partial charge in [-0.3, -0.25) is 4.79 Å². The Bertz CT molecular complexity index is 596. The number of carbonyl (C=O) groups is 1. The third-order valence-electron chi connectivity index (χ3n) is 3.27. The summed E-state index contributed by atoms with van der Waals surface area (Å²) in [5.74, 6) is 0.579. The molecule has 2 rings (SSSR count). The van der Waals surface area contributed by atoms with Gasteiger partial charge in [-0.2, -0.15) is 0 Å². The fourth-order valence-electron chi connectivity index (χ4n) is 2.15. The van der Waals surface area contributed by atoms with E-state index in [0.29, 0.717) is 24.6 Å². The van der Waals surface area contributed by atoms with Gasteiger partial charge in [-0.15, -0.1) is 0 Å². The fourth-order valence-corrected chi connectivity index (χ4v) is 3.82. The highest BCUT2D eigenvalue weighted by molar-refractivity contribution is 7.91. The Morgan fingerprint density at radius 3 is 2.71 bits per heavy atom. The van der Waals surface area contributed by atoms with Crippen LogP contribution in [0, 0.1) is 5.92 Å². The number of rotatable bonds is 5.